The summed E-state index contributed by atoms with van der Waals surface area (Å²) in [6.45, 7) is 2.40. The highest BCUT2D eigenvalue weighted by atomic mass is 79.9. The number of halogens is 2. The Hall–Kier alpha value is -3.00. The lowest BCUT2D eigenvalue weighted by molar-refractivity contribution is -0.115. The Morgan fingerprint density at radius 2 is 2.07 bits per heavy atom. The number of hydrogen-bond acceptors (Lipinski definition) is 4. The molecule has 142 valence electrons. The number of hydrogen-bond donors (Lipinski definition) is 1. The average molecular weight is 442 g/mol. The molecule has 6 nitrogen and oxygen atoms in total. The van der Waals surface area contributed by atoms with Crippen molar-refractivity contribution >= 4 is 33.5 Å². The summed E-state index contributed by atoms with van der Waals surface area (Å²) in [6, 6.07) is 13.5. The van der Waals surface area contributed by atoms with Crippen LogP contribution >= 0.6 is 15.9 Å². The van der Waals surface area contributed by atoms with E-state index in [4.69, 9.17) is 0 Å². The smallest absolute Gasteiger partial charge is 0.274 e. The van der Waals surface area contributed by atoms with E-state index in [1.165, 1.54) is 12.4 Å². The van der Waals surface area contributed by atoms with Crippen molar-refractivity contribution in [2.24, 2.45) is 0 Å². The van der Waals surface area contributed by atoms with E-state index in [-0.39, 0.29) is 11.7 Å². The fourth-order valence-corrected chi connectivity index (χ4v) is 3.60. The number of benzene rings is 2. The van der Waals surface area contributed by atoms with Crippen LogP contribution in [0, 0.1) is 5.82 Å². The molecule has 2 heterocycles. The van der Waals surface area contributed by atoms with Gasteiger partial charge in [-0.3, -0.25) is 4.79 Å². The van der Waals surface area contributed by atoms with Crippen molar-refractivity contribution in [3.8, 4) is 0 Å². The van der Waals surface area contributed by atoms with Gasteiger partial charge in [-0.2, -0.15) is 10.1 Å². The molecule has 0 radical (unpaired) electrons. The van der Waals surface area contributed by atoms with E-state index in [1.807, 2.05) is 37.3 Å². The molecule has 1 aliphatic heterocycles. The molecule has 2 aromatic carbocycles. The number of para-hydroxylation sites is 1. The van der Waals surface area contributed by atoms with E-state index in [2.05, 4.69) is 31.3 Å². The monoisotopic (exact) mass is 441 g/mol. The molecule has 0 aliphatic carbocycles. The van der Waals surface area contributed by atoms with Crippen molar-refractivity contribution in [2.75, 3.05) is 16.8 Å². The molecular weight excluding hydrogens is 425 g/mol. The number of fused-ring (bicyclic) bond motifs is 1. The minimum atomic E-state index is -0.593. The first-order valence-electron chi connectivity index (χ1n) is 8.78. The van der Waals surface area contributed by atoms with Crippen molar-refractivity contribution in [1.29, 1.82) is 0 Å². The maximum Gasteiger partial charge on any atom is 0.274 e. The topological polar surface area (TPSA) is 63.1 Å². The SMILES string of the molecule is CCN(C(=O)C1=CC(c2cc(Br)ccc2F)n2ncnc2N1)c1ccccc1. The third kappa shape index (κ3) is 3.31. The van der Waals surface area contributed by atoms with Crippen LogP contribution in [0.5, 0.6) is 0 Å². The third-order valence-corrected chi connectivity index (χ3v) is 5.04. The second kappa shape index (κ2) is 7.55. The molecule has 4 rings (SSSR count). The Labute approximate surface area is 169 Å². The minimum absolute atomic E-state index is 0.219. The molecule has 0 bridgehead atoms. The predicted octanol–water partition coefficient (Wildman–Crippen LogP) is 4.13. The lowest BCUT2D eigenvalue weighted by Crippen LogP contribution is -2.36. The number of carbonyl (C=O) groups is 1. The van der Waals surface area contributed by atoms with E-state index >= 15 is 0 Å². The van der Waals surface area contributed by atoms with Gasteiger partial charge in [0.1, 0.15) is 23.9 Å². The summed E-state index contributed by atoms with van der Waals surface area (Å²) in [7, 11) is 0. The van der Waals surface area contributed by atoms with E-state index in [0.717, 1.165) is 10.2 Å². The summed E-state index contributed by atoms with van der Waals surface area (Å²) in [4.78, 5) is 19.0. The van der Waals surface area contributed by atoms with E-state index < -0.39 is 6.04 Å². The zero-order valence-electron chi connectivity index (χ0n) is 15.0. The zero-order chi connectivity index (χ0) is 19.7. The van der Waals surface area contributed by atoms with Crippen LogP contribution in [-0.2, 0) is 4.79 Å². The van der Waals surface area contributed by atoms with Crippen LogP contribution in [0.4, 0.5) is 16.0 Å². The molecule has 0 spiro atoms. The van der Waals surface area contributed by atoms with Crippen molar-refractivity contribution in [2.45, 2.75) is 13.0 Å². The quantitative estimate of drug-likeness (QED) is 0.660. The first-order valence-corrected chi connectivity index (χ1v) is 9.58. The van der Waals surface area contributed by atoms with Crippen LogP contribution in [-0.4, -0.2) is 27.2 Å². The Morgan fingerprint density at radius 1 is 1.29 bits per heavy atom. The standard InChI is InChI=1S/C20H17BrFN5O/c1-2-26(14-6-4-3-5-7-14)19(28)17-11-18(27-20(25-17)23-12-24-27)15-10-13(21)8-9-16(15)22/h3-12,18H,2H2,1H3,(H,23,24,25). The summed E-state index contributed by atoms with van der Waals surface area (Å²) >= 11 is 3.38. The number of carbonyl (C=O) groups excluding carboxylic acids is 1. The largest absolute Gasteiger partial charge is 0.320 e. The molecule has 1 atom stereocenters. The van der Waals surface area contributed by atoms with Crippen LogP contribution in [0.2, 0.25) is 0 Å². The number of likely N-dealkylation sites (N-methyl/N-ethyl adjacent to an activating group) is 1. The van der Waals surface area contributed by atoms with Gasteiger partial charge in [-0.15, -0.1) is 0 Å². The maximum atomic E-state index is 14.5. The second-order valence-electron chi connectivity index (χ2n) is 6.23. The summed E-state index contributed by atoms with van der Waals surface area (Å²) in [5.74, 6) is -0.210. The number of nitrogens with one attached hydrogen (secondary N) is 1. The van der Waals surface area contributed by atoms with Crippen molar-refractivity contribution in [3.63, 3.8) is 0 Å². The molecule has 3 aromatic rings. The molecule has 1 aromatic heterocycles. The Morgan fingerprint density at radius 3 is 2.82 bits per heavy atom. The third-order valence-electron chi connectivity index (χ3n) is 4.54. The van der Waals surface area contributed by atoms with Gasteiger partial charge in [-0.1, -0.05) is 34.1 Å². The van der Waals surface area contributed by atoms with Crippen LogP contribution in [0.1, 0.15) is 18.5 Å². The van der Waals surface area contributed by atoms with Crippen LogP contribution in [0.25, 0.3) is 0 Å². The van der Waals surface area contributed by atoms with Crippen LogP contribution < -0.4 is 10.2 Å². The van der Waals surface area contributed by atoms with Gasteiger partial charge in [0.15, 0.2) is 0 Å². The van der Waals surface area contributed by atoms with Gasteiger partial charge in [0.2, 0.25) is 5.95 Å². The fraction of sp³-hybridized carbons (Fsp3) is 0.150. The van der Waals surface area contributed by atoms with Gasteiger partial charge in [0.25, 0.3) is 5.91 Å². The highest BCUT2D eigenvalue weighted by Gasteiger charge is 2.29. The normalized spacial score (nSPS) is 15.4. The molecule has 1 unspecified atom stereocenters. The van der Waals surface area contributed by atoms with Crippen molar-refractivity contribution < 1.29 is 9.18 Å². The van der Waals surface area contributed by atoms with E-state index in [1.54, 1.807) is 27.8 Å². The van der Waals surface area contributed by atoms with Crippen molar-refractivity contribution in [3.05, 3.63) is 82.5 Å². The molecule has 1 N–H and O–H groups in total. The number of anilines is 2. The summed E-state index contributed by atoms with van der Waals surface area (Å²) in [5.41, 5.74) is 1.51. The summed E-state index contributed by atoms with van der Waals surface area (Å²) < 4.78 is 16.8. The van der Waals surface area contributed by atoms with Gasteiger partial charge in [-0.05, 0) is 43.3 Å². The lowest BCUT2D eigenvalue weighted by atomic mass is 10.0. The van der Waals surface area contributed by atoms with E-state index in [9.17, 15) is 9.18 Å². The number of aromatic nitrogens is 3. The molecule has 1 amide bonds. The summed E-state index contributed by atoms with van der Waals surface area (Å²) in [5, 5.41) is 7.21. The first kappa shape index (κ1) is 18.4. The minimum Gasteiger partial charge on any atom is -0.320 e. The Balaban J connectivity index is 1.76. The van der Waals surface area contributed by atoms with Crippen LogP contribution in [0.15, 0.2) is 71.1 Å². The fourth-order valence-electron chi connectivity index (χ4n) is 3.22. The first-order chi connectivity index (χ1) is 13.6. The van der Waals surface area contributed by atoms with E-state index in [0.29, 0.717) is 23.8 Å². The Bertz CT molecular complexity index is 1050. The molecule has 8 heteroatoms. The lowest BCUT2D eigenvalue weighted by Gasteiger charge is -2.27. The predicted molar refractivity (Wildman–Crippen MR) is 108 cm³/mol. The van der Waals surface area contributed by atoms with Gasteiger partial charge >= 0.3 is 0 Å². The molecule has 28 heavy (non-hydrogen) atoms. The highest BCUT2D eigenvalue weighted by molar-refractivity contribution is 9.10. The molecular formula is C20H17BrFN5O. The number of allylic oxidation sites excluding steroid dienone is 1. The maximum absolute atomic E-state index is 14.5. The molecule has 0 saturated carbocycles. The zero-order valence-corrected chi connectivity index (χ0v) is 16.6. The van der Waals surface area contributed by atoms with Gasteiger partial charge in [0.05, 0.1) is 0 Å². The highest BCUT2D eigenvalue weighted by Crippen LogP contribution is 2.32. The van der Waals surface area contributed by atoms with Gasteiger partial charge < -0.3 is 10.2 Å². The van der Waals surface area contributed by atoms with Gasteiger partial charge in [-0.25, -0.2) is 9.07 Å². The number of nitrogens with zero attached hydrogens (tertiary/aromatic N) is 4. The number of amides is 1. The second-order valence-corrected chi connectivity index (χ2v) is 7.14. The number of rotatable bonds is 4. The van der Waals surface area contributed by atoms with Crippen LogP contribution in [0.3, 0.4) is 0 Å². The van der Waals surface area contributed by atoms with Gasteiger partial charge in [0, 0.05) is 22.3 Å². The average Bonchev–Trinajstić information content (AvgIpc) is 3.19. The molecule has 1 aliphatic rings. The Kier molecular flexibility index (Phi) is 4.95. The van der Waals surface area contributed by atoms with Crippen molar-refractivity contribution in [1.82, 2.24) is 14.8 Å². The molecule has 0 fully saturated rings. The summed E-state index contributed by atoms with van der Waals surface area (Å²) in [6.07, 6.45) is 3.06. The molecule has 0 saturated heterocycles.